The van der Waals surface area contributed by atoms with E-state index < -0.39 is 5.97 Å². The van der Waals surface area contributed by atoms with Gasteiger partial charge in [0, 0.05) is 4.88 Å². The van der Waals surface area contributed by atoms with Gasteiger partial charge >= 0.3 is 5.97 Å². The molecule has 3 heterocycles. The summed E-state index contributed by atoms with van der Waals surface area (Å²) in [5.74, 6) is -0.378. The van der Waals surface area contributed by atoms with E-state index in [4.69, 9.17) is 4.74 Å². The summed E-state index contributed by atoms with van der Waals surface area (Å²) in [6, 6.07) is 13.2. The maximum absolute atomic E-state index is 12.5. The van der Waals surface area contributed by atoms with Gasteiger partial charge in [-0.25, -0.2) is 4.79 Å². The van der Waals surface area contributed by atoms with Gasteiger partial charge in [0.15, 0.2) is 5.78 Å². The fourth-order valence-electron chi connectivity index (χ4n) is 2.62. The zero-order valence-corrected chi connectivity index (χ0v) is 16.4. The van der Waals surface area contributed by atoms with Crippen LogP contribution < -0.4 is 0 Å². The third-order valence-corrected chi connectivity index (χ3v) is 6.08. The fourth-order valence-corrected chi connectivity index (χ4v) is 4.29. The first-order chi connectivity index (χ1) is 13.6. The molecule has 4 rings (SSSR count). The van der Waals surface area contributed by atoms with Crippen LogP contribution in [-0.4, -0.2) is 32.0 Å². The predicted octanol–water partition coefficient (Wildman–Crippen LogP) is 4.01. The molecule has 0 fully saturated rings. The van der Waals surface area contributed by atoms with Gasteiger partial charge in [-0.05, 0) is 58.1 Å². The molecule has 0 atom stereocenters. The number of Topliss-reactive ketones (excluding diaryl/α,β-unsaturated/α-hetero) is 1. The normalized spacial score (nSPS) is 10.8. The van der Waals surface area contributed by atoms with Crippen LogP contribution in [0.15, 0.2) is 54.2 Å². The highest BCUT2D eigenvalue weighted by Crippen LogP contribution is 2.29. The van der Waals surface area contributed by atoms with Crippen LogP contribution in [0.5, 0.6) is 0 Å². The molecule has 0 spiro atoms. The Balaban J connectivity index is 1.48. The number of esters is 1. The number of benzene rings is 1. The summed E-state index contributed by atoms with van der Waals surface area (Å²) in [7, 11) is 0. The lowest BCUT2D eigenvalue weighted by molar-refractivity contribution is 0.0478. The third kappa shape index (κ3) is 3.75. The Bertz CT molecular complexity index is 1130. The van der Waals surface area contributed by atoms with Crippen molar-refractivity contribution in [3.8, 4) is 16.1 Å². The Morgan fingerprint density at radius 2 is 2.07 bits per heavy atom. The number of thiophene rings is 2. The smallest absolute Gasteiger partial charge is 0.350 e. The summed E-state index contributed by atoms with van der Waals surface area (Å²) in [6.07, 6.45) is 1.43. The van der Waals surface area contributed by atoms with E-state index in [9.17, 15) is 9.59 Å². The van der Waals surface area contributed by atoms with Crippen LogP contribution in [-0.2, 0) is 11.3 Å². The van der Waals surface area contributed by atoms with Crippen molar-refractivity contribution in [1.82, 2.24) is 20.2 Å². The number of hydrogen-bond acceptors (Lipinski definition) is 8. The summed E-state index contributed by atoms with van der Waals surface area (Å²) in [5, 5.41) is 12.8. The lowest BCUT2D eigenvalue weighted by Crippen LogP contribution is -2.07. The first-order valence-electron chi connectivity index (χ1n) is 8.30. The zero-order chi connectivity index (χ0) is 19.5. The van der Waals surface area contributed by atoms with Gasteiger partial charge in [0.25, 0.3) is 0 Å². The number of nitrogens with zero attached hydrogens (tertiary/aromatic N) is 4. The molecule has 0 aliphatic rings. The average Bonchev–Trinajstić information content (AvgIpc) is 3.46. The molecular weight excluding hydrogens is 396 g/mol. The second-order valence-electron chi connectivity index (χ2n) is 5.89. The van der Waals surface area contributed by atoms with Crippen LogP contribution in [0, 0.1) is 0 Å². The minimum absolute atomic E-state index is 0.0515. The largest absolute Gasteiger partial charge is 0.457 e. The van der Waals surface area contributed by atoms with E-state index in [-0.39, 0.29) is 12.4 Å². The van der Waals surface area contributed by atoms with Crippen molar-refractivity contribution >= 4 is 34.4 Å². The van der Waals surface area contributed by atoms with E-state index in [1.165, 1.54) is 33.7 Å². The maximum Gasteiger partial charge on any atom is 0.350 e. The highest BCUT2D eigenvalue weighted by Gasteiger charge is 2.17. The highest BCUT2D eigenvalue weighted by molar-refractivity contribution is 7.17. The Kier molecular flexibility index (Phi) is 5.09. The van der Waals surface area contributed by atoms with E-state index in [1.807, 2.05) is 36.4 Å². The Hall–Kier alpha value is -3.17. The molecule has 0 saturated heterocycles. The molecule has 0 saturated carbocycles. The molecule has 4 aromatic rings. The number of hydrogen-bond donors (Lipinski definition) is 0. The molecule has 3 aromatic heterocycles. The van der Waals surface area contributed by atoms with E-state index in [1.54, 1.807) is 18.4 Å². The van der Waals surface area contributed by atoms with Crippen molar-refractivity contribution in [2.75, 3.05) is 0 Å². The SMILES string of the molecule is CC(=O)c1ccc(-c2cccc(COC(=O)c3sccc3-n3cnnn3)c2)s1. The Labute approximate surface area is 168 Å². The Morgan fingerprint density at radius 1 is 1.18 bits per heavy atom. The summed E-state index contributed by atoms with van der Waals surface area (Å²) >= 11 is 2.72. The van der Waals surface area contributed by atoms with Gasteiger partial charge in [0.1, 0.15) is 17.8 Å². The van der Waals surface area contributed by atoms with Gasteiger partial charge in [0.2, 0.25) is 0 Å². The molecule has 0 radical (unpaired) electrons. The van der Waals surface area contributed by atoms with Gasteiger partial charge in [-0.3, -0.25) is 4.79 Å². The van der Waals surface area contributed by atoms with E-state index >= 15 is 0 Å². The van der Waals surface area contributed by atoms with Crippen molar-refractivity contribution in [2.45, 2.75) is 13.5 Å². The minimum Gasteiger partial charge on any atom is -0.457 e. The first kappa shape index (κ1) is 18.2. The lowest BCUT2D eigenvalue weighted by atomic mass is 10.1. The fraction of sp³-hybridized carbons (Fsp3) is 0.105. The molecule has 0 N–H and O–H groups in total. The second-order valence-corrected chi connectivity index (χ2v) is 7.89. The lowest BCUT2D eigenvalue weighted by Gasteiger charge is -2.07. The van der Waals surface area contributed by atoms with Gasteiger partial charge < -0.3 is 4.74 Å². The molecule has 9 heteroatoms. The summed E-state index contributed by atoms with van der Waals surface area (Å²) in [6.45, 7) is 1.70. The molecular formula is C19H14N4O3S2. The van der Waals surface area contributed by atoms with Crippen molar-refractivity contribution in [1.29, 1.82) is 0 Å². The summed E-state index contributed by atoms with van der Waals surface area (Å²) in [5.41, 5.74) is 2.44. The van der Waals surface area contributed by atoms with Gasteiger partial charge in [-0.15, -0.1) is 27.8 Å². The molecule has 0 unspecified atom stereocenters. The van der Waals surface area contributed by atoms with Crippen LogP contribution in [0.25, 0.3) is 16.1 Å². The highest BCUT2D eigenvalue weighted by atomic mass is 32.1. The van der Waals surface area contributed by atoms with Crippen LogP contribution in [0.1, 0.15) is 31.8 Å². The number of carbonyl (C=O) groups is 2. The quantitative estimate of drug-likeness (QED) is 0.353. The summed E-state index contributed by atoms with van der Waals surface area (Å²) < 4.78 is 6.91. The molecule has 28 heavy (non-hydrogen) atoms. The molecule has 7 nitrogen and oxygen atoms in total. The van der Waals surface area contributed by atoms with Crippen LogP contribution in [0.4, 0.5) is 0 Å². The van der Waals surface area contributed by atoms with Gasteiger partial charge in [-0.2, -0.15) is 4.68 Å². The monoisotopic (exact) mass is 410 g/mol. The van der Waals surface area contributed by atoms with E-state index in [0.717, 1.165) is 20.9 Å². The van der Waals surface area contributed by atoms with Crippen molar-refractivity contribution in [3.63, 3.8) is 0 Å². The maximum atomic E-state index is 12.5. The van der Waals surface area contributed by atoms with Crippen LogP contribution in [0.2, 0.25) is 0 Å². The number of aromatic nitrogens is 4. The molecule has 0 bridgehead atoms. The van der Waals surface area contributed by atoms with E-state index in [2.05, 4.69) is 15.5 Å². The molecule has 140 valence electrons. The number of carbonyl (C=O) groups excluding carboxylic acids is 2. The van der Waals surface area contributed by atoms with Crippen molar-refractivity contribution in [2.24, 2.45) is 0 Å². The Morgan fingerprint density at radius 3 is 2.82 bits per heavy atom. The third-order valence-electron chi connectivity index (χ3n) is 3.96. The average molecular weight is 410 g/mol. The minimum atomic E-state index is -0.430. The molecule has 0 amide bonds. The number of rotatable bonds is 6. The van der Waals surface area contributed by atoms with Gasteiger partial charge in [0.05, 0.1) is 10.6 Å². The van der Waals surface area contributed by atoms with Crippen LogP contribution in [0.3, 0.4) is 0 Å². The standard InChI is InChI=1S/C19H14N4O3S2/c1-12(24)16-5-6-17(28-16)14-4-2-3-13(9-14)10-26-19(25)18-15(7-8-27-18)23-11-20-21-22-23/h2-9,11H,10H2,1H3. The molecule has 1 aromatic carbocycles. The molecule has 0 aliphatic carbocycles. The number of ether oxygens (including phenoxy) is 1. The van der Waals surface area contributed by atoms with Gasteiger partial charge in [-0.1, -0.05) is 18.2 Å². The van der Waals surface area contributed by atoms with E-state index in [0.29, 0.717) is 10.6 Å². The van der Waals surface area contributed by atoms with Crippen molar-refractivity contribution in [3.05, 3.63) is 69.5 Å². The molecule has 0 aliphatic heterocycles. The number of ketones is 1. The first-order valence-corrected chi connectivity index (χ1v) is 9.99. The van der Waals surface area contributed by atoms with Crippen molar-refractivity contribution < 1.29 is 14.3 Å². The zero-order valence-electron chi connectivity index (χ0n) is 14.7. The number of tetrazole rings is 1. The summed E-state index contributed by atoms with van der Waals surface area (Å²) in [4.78, 5) is 26.2. The second kappa shape index (κ2) is 7.83. The predicted molar refractivity (Wildman–Crippen MR) is 106 cm³/mol. The topological polar surface area (TPSA) is 87.0 Å². The van der Waals surface area contributed by atoms with Crippen LogP contribution >= 0.6 is 22.7 Å².